The van der Waals surface area contributed by atoms with Crippen LogP contribution in [-0.2, 0) is 26.6 Å². The lowest BCUT2D eigenvalue weighted by Crippen LogP contribution is -2.47. The number of fused-ring (bicyclic) bond motifs is 1. The largest absolute Gasteiger partial charge is 0.455 e. The van der Waals surface area contributed by atoms with E-state index in [1.807, 2.05) is 18.2 Å². The molecule has 3 aliphatic heterocycles. The number of H-pyrrole nitrogens is 1. The van der Waals surface area contributed by atoms with Crippen LogP contribution in [0.15, 0.2) is 95.7 Å². The Morgan fingerprint density at radius 2 is 1.79 bits per heavy atom. The maximum atomic E-state index is 14.3. The first-order valence-corrected chi connectivity index (χ1v) is 21.9. The highest BCUT2D eigenvalue weighted by Gasteiger charge is 2.35. The molecule has 0 radical (unpaired) electrons. The van der Waals surface area contributed by atoms with E-state index in [0.717, 1.165) is 61.6 Å². The number of amides is 1. The van der Waals surface area contributed by atoms with Gasteiger partial charge in [-0.05, 0) is 104 Å². The molecule has 2 fully saturated rings. The number of carbonyl (C=O) groups excluding carboxylic acids is 1. The molecule has 2 aromatic heterocycles. The van der Waals surface area contributed by atoms with Gasteiger partial charge in [0.1, 0.15) is 17.1 Å². The molecule has 11 nitrogen and oxygen atoms in total. The predicted molar refractivity (Wildman–Crippen MR) is 232 cm³/mol. The number of carbonyl (C=O) groups is 1. The summed E-state index contributed by atoms with van der Waals surface area (Å²) in [7, 11) is -2.33. The van der Waals surface area contributed by atoms with Crippen molar-refractivity contribution in [1.82, 2.24) is 19.6 Å². The highest BCUT2D eigenvalue weighted by atomic mass is 35.5. The van der Waals surface area contributed by atoms with E-state index in [-0.39, 0.29) is 33.4 Å². The van der Waals surface area contributed by atoms with Crippen LogP contribution < -0.4 is 19.7 Å². The zero-order valence-electron chi connectivity index (χ0n) is 33.9. The highest BCUT2D eigenvalue weighted by molar-refractivity contribution is 7.83. The van der Waals surface area contributed by atoms with Crippen LogP contribution in [0.5, 0.6) is 11.5 Å². The van der Waals surface area contributed by atoms with Gasteiger partial charge in [-0.25, -0.2) is 9.19 Å². The fourth-order valence-electron chi connectivity index (χ4n) is 8.02. The minimum Gasteiger partial charge on any atom is -0.455 e. The SMILES string of the molecule is CC1(C)CC(c2ccc(Cl)cc2)=C(CN2CCN(c3ccc(C(=O)NS(=O)c4ccc(NCC5CCOCC5)c(C(F)(F)F)c4)c(Oc4cnc5[nH]ccc5c4)c3)CC2)CO1. The van der Waals surface area contributed by atoms with E-state index in [1.165, 1.54) is 29.5 Å². The van der Waals surface area contributed by atoms with Gasteiger partial charge >= 0.3 is 6.18 Å². The number of anilines is 2. The van der Waals surface area contributed by atoms with Gasteiger partial charge in [-0.3, -0.25) is 14.4 Å². The Labute approximate surface area is 360 Å². The molecule has 3 aliphatic rings. The van der Waals surface area contributed by atoms with Crippen LogP contribution in [-0.4, -0.2) is 89.7 Å². The first kappa shape index (κ1) is 42.7. The number of aromatic amines is 1. The molecule has 5 aromatic rings. The molecule has 0 saturated carbocycles. The molecule has 0 spiro atoms. The molecule has 1 atom stereocenters. The van der Waals surface area contributed by atoms with Crippen LogP contribution in [0.1, 0.15) is 54.6 Å². The van der Waals surface area contributed by atoms with Crippen LogP contribution in [0.3, 0.4) is 0 Å². The number of ether oxygens (including phenoxy) is 3. The smallest absolute Gasteiger partial charge is 0.418 e. The van der Waals surface area contributed by atoms with E-state index in [4.69, 9.17) is 25.8 Å². The van der Waals surface area contributed by atoms with Crippen LogP contribution in [0.2, 0.25) is 5.02 Å². The summed E-state index contributed by atoms with van der Waals surface area (Å²) in [5.41, 5.74) is 3.86. The molecule has 3 N–H and O–H groups in total. The topological polar surface area (TPSA) is 121 Å². The third-order valence-corrected chi connectivity index (χ3v) is 12.7. The molecule has 5 heterocycles. The molecule has 322 valence electrons. The van der Waals surface area contributed by atoms with Crippen molar-refractivity contribution in [1.29, 1.82) is 0 Å². The third kappa shape index (κ3) is 10.4. The number of nitrogens with zero attached hydrogens (tertiary/aromatic N) is 3. The summed E-state index contributed by atoms with van der Waals surface area (Å²) in [6.45, 7) is 9.97. The summed E-state index contributed by atoms with van der Waals surface area (Å²) >= 11 is 6.21. The van der Waals surface area contributed by atoms with E-state index in [1.54, 1.807) is 30.5 Å². The summed E-state index contributed by atoms with van der Waals surface area (Å²) in [5.74, 6) is -0.0584. The minimum atomic E-state index is -4.72. The summed E-state index contributed by atoms with van der Waals surface area (Å²) in [6, 6.07) is 20.1. The van der Waals surface area contributed by atoms with E-state index >= 15 is 0 Å². The Bertz CT molecular complexity index is 2430. The first-order valence-electron chi connectivity index (χ1n) is 20.4. The van der Waals surface area contributed by atoms with E-state index < -0.39 is 28.6 Å². The number of nitrogens with one attached hydrogen (secondary N) is 3. The van der Waals surface area contributed by atoms with E-state index in [9.17, 15) is 22.2 Å². The van der Waals surface area contributed by atoms with Gasteiger partial charge in [0.15, 0.2) is 11.0 Å². The number of halogens is 4. The van der Waals surface area contributed by atoms with Gasteiger partial charge in [0.05, 0.1) is 34.4 Å². The van der Waals surface area contributed by atoms with Gasteiger partial charge in [-0.15, -0.1) is 0 Å². The fraction of sp³-hybridized carbons (Fsp3) is 0.378. The molecule has 1 amide bonds. The second kappa shape index (κ2) is 18.2. The number of pyridine rings is 1. The number of hydrogen-bond acceptors (Lipinski definition) is 9. The lowest BCUT2D eigenvalue weighted by Gasteiger charge is -2.39. The Balaban J connectivity index is 0.992. The highest BCUT2D eigenvalue weighted by Crippen LogP contribution is 2.38. The lowest BCUT2D eigenvalue weighted by atomic mass is 9.87. The Kier molecular flexibility index (Phi) is 12.8. The van der Waals surface area contributed by atoms with Gasteiger partial charge < -0.3 is 29.4 Å². The average Bonchev–Trinajstić information content (AvgIpc) is 3.72. The Hall–Kier alpha value is -4.93. The molecule has 16 heteroatoms. The molecule has 0 bridgehead atoms. The molecular formula is C45H48ClF3N6O5S. The van der Waals surface area contributed by atoms with E-state index in [0.29, 0.717) is 55.9 Å². The van der Waals surface area contributed by atoms with Crippen molar-refractivity contribution in [2.45, 2.75) is 49.8 Å². The molecule has 1 unspecified atom stereocenters. The average molecular weight is 877 g/mol. The lowest BCUT2D eigenvalue weighted by molar-refractivity contribution is -0.137. The number of hydrogen-bond donors (Lipinski definition) is 3. The Morgan fingerprint density at radius 3 is 2.54 bits per heavy atom. The van der Waals surface area contributed by atoms with Crippen molar-refractivity contribution in [3.05, 3.63) is 112 Å². The minimum absolute atomic E-state index is 0.0533. The molecule has 3 aromatic carbocycles. The monoisotopic (exact) mass is 876 g/mol. The molecule has 0 aliphatic carbocycles. The van der Waals surface area contributed by atoms with Crippen molar-refractivity contribution in [2.24, 2.45) is 5.92 Å². The van der Waals surface area contributed by atoms with Crippen molar-refractivity contribution in [2.75, 3.05) is 69.3 Å². The van der Waals surface area contributed by atoms with Crippen LogP contribution in [0, 0.1) is 5.92 Å². The quantitative estimate of drug-likeness (QED) is 0.113. The van der Waals surface area contributed by atoms with Gasteiger partial charge in [0, 0.05) is 92.9 Å². The summed E-state index contributed by atoms with van der Waals surface area (Å²) in [4.78, 5) is 25.7. The van der Waals surface area contributed by atoms with Crippen molar-refractivity contribution < 1.29 is 36.4 Å². The van der Waals surface area contributed by atoms with Crippen LogP contribution in [0.25, 0.3) is 16.6 Å². The number of piperazine rings is 1. The zero-order chi connectivity index (χ0) is 42.7. The van der Waals surface area contributed by atoms with Gasteiger partial charge in [0.25, 0.3) is 5.91 Å². The number of aromatic nitrogens is 2. The number of rotatable bonds is 12. The molecular weight excluding hydrogens is 829 g/mol. The zero-order valence-corrected chi connectivity index (χ0v) is 35.5. The van der Waals surface area contributed by atoms with Gasteiger partial charge in [-0.1, -0.05) is 23.7 Å². The maximum Gasteiger partial charge on any atom is 0.418 e. The summed E-state index contributed by atoms with van der Waals surface area (Å²) in [5, 5.41) is 4.42. The van der Waals surface area contributed by atoms with Crippen molar-refractivity contribution in [3.8, 4) is 11.5 Å². The first-order chi connectivity index (χ1) is 29.3. The number of benzene rings is 3. The Morgan fingerprint density at radius 1 is 1.02 bits per heavy atom. The van der Waals surface area contributed by atoms with Crippen molar-refractivity contribution in [3.63, 3.8) is 0 Å². The second-order valence-corrected chi connectivity index (χ2v) is 17.9. The predicted octanol–water partition coefficient (Wildman–Crippen LogP) is 9.09. The van der Waals surface area contributed by atoms with Crippen molar-refractivity contribution >= 4 is 56.5 Å². The summed E-state index contributed by atoms with van der Waals surface area (Å²) < 4.78 is 76.7. The molecule has 61 heavy (non-hydrogen) atoms. The van der Waals surface area contributed by atoms with E-state index in [2.05, 4.69) is 55.8 Å². The fourth-order valence-corrected chi connectivity index (χ4v) is 8.95. The normalized spacial score (nSPS) is 18.3. The molecule has 8 rings (SSSR count). The van der Waals surface area contributed by atoms with Gasteiger partial charge in [-0.2, -0.15) is 13.2 Å². The van der Waals surface area contributed by atoms with Gasteiger partial charge in [0.2, 0.25) is 0 Å². The molecule has 2 saturated heterocycles. The number of alkyl halides is 3. The summed E-state index contributed by atoms with van der Waals surface area (Å²) in [6.07, 6.45) is 0.865. The standard InChI is InChI=1S/C45H48ClF3N6O5S/c1-44(2)24-38(30-3-5-33(46)6-4-30)32(28-59-44)27-54-15-17-55(18-16-54)34-7-9-37(41(22-34)60-35-21-31-11-14-50-42(31)52-26-35)43(56)53-61(57)36-8-10-40(39(23-36)45(47,48)49)51-25-29-12-19-58-20-13-29/h3-11,14,21-23,26,29,51H,12-13,15-20,24-25,27-28H2,1-2H3,(H,50,52)(H,53,56). The van der Waals surface area contributed by atoms with Crippen LogP contribution >= 0.6 is 11.6 Å². The maximum absolute atomic E-state index is 14.3. The van der Waals surface area contributed by atoms with Crippen LogP contribution in [0.4, 0.5) is 24.5 Å². The third-order valence-electron chi connectivity index (χ3n) is 11.4. The second-order valence-electron chi connectivity index (χ2n) is 16.3.